The van der Waals surface area contributed by atoms with E-state index in [1.165, 1.54) is 13.0 Å². The van der Waals surface area contributed by atoms with E-state index in [1.54, 1.807) is 0 Å². The number of nitrogens with one attached hydrogen (secondary N) is 1. The number of rotatable bonds is 7. The maximum absolute atomic E-state index is 9.49. The molecule has 0 saturated carbocycles. The molecule has 19 heavy (non-hydrogen) atoms. The molecule has 1 aliphatic rings. The van der Waals surface area contributed by atoms with Crippen molar-refractivity contribution < 1.29 is 0 Å². The van der Waals surface area contributed by atoms with Crippen LogP contribution in [-0.2, 0) is 0 Å². The molecule has 1 saturated heterocycles. The van der Waals surface area contributed by atoms with Gasteiger partial charge in [0.05, 0.1) is 6.07 Å². The average Bonchev–Trinajstić information content (AvgIpc) is 2.66. The van der Waals surface area contributed by atoms with Crippen LogP contribution in [0.2, 0.25) is 0 Å². The Kier molecular flexibility index (Phi) is 6.29. The highest BCUT2D eigenvalue weighted by atomic mass is 15.2. The van der Waals surface area contributed by atoms with Gasteiger partial charge in [-0.05, 0) is 58.9 Å². The molecule has 1 fully saturated rings. The summed E-state index contributed by atoms with van der Waals surface area (Å²) in [6.07, 6.45) is 4.27. The molecule has 3 atom stereocenters. The molecule has 0 radical (unpaired) electrons. The highest BCUT2D eigenvalue weighted by Crippen LogP contribution is 2.24. The van der Waals surface area contributed by atoms with Gasteiger partial charge in [0, 0.05) is 18.6 Å². The van der Waals surface area contributed by atoms with Crippen molar-refractivity contribution in [1.29, 1.82) is 5.26 Å². The standard InChI is InChI=1S/C16H31N3/c1-6-16(12-17,18-13(2)3)8-7-9-19-11-14(4)10-15(19)5/h13-15,18H,6-11H2,1-5H3. The highest BCUT2D eigenvalue weighted by molar-refractivity contribution is 5.07. The first-order valence-corrected chi connectivity index (χ1v) is 7.85. The number of nitrogens with zero attached hydrogens (tertiary/aromatic N) is 2. The summed E-state index contributed by atoms with van der Waals surface area (Å²) in [7, 11) is 0. The Morgan fingerprint density at radius 1 is 1.42 bits per heavy atom. The van der Waals surface area contributed by atoms with E-state index < -0.39 is 0 Å². The molecule has 0 bridgehead atoms. The second-order valence-corrected chi connectivity index (χ2v) is 6.63. The van der Waals surface area contributed by atoms with Crippen molar-refractivity contribution in [3.8, 4) is 6.07 Å². The van der Waals surface area contributed by atoms with Crippen LogP contribution in [0.4, 0.5) is 0 Å². The fourth-order valence-electron chi connectivity index (χ4n) is 3.35. The Bertz CT molecular complexity index is 308. The van der Waals surface area contributed by atoms with Crippen molar-refractivity contribution in [3.63, 3.8) is 0 Å². The van der Waals surface area contributed by atoms with Crippen molar-refractivity contribution in [1.82, 2.24) is 10.2 Å². The van der Waals surface area contributed by atoms with Gasteiger partial charge in [0.25, 0.3) is 0 Å². The third-order valence-electron chi connectivity index (χ3n) is 4.34. The molecule has 0 aromatic heterocycles. The zero-order valence-corrected chi connectivity index (χ0v) is 13.4. The van der Waals surface area contributed by atoms with E-state index >= 15 is 0 Å². The molecule has 0 spiro atoms. The van der Waals surface area contributed by atoms with Crippen LogP contribution in [0.15, 0.2) is 0 Å². The van der Waals surface area contributed by atoms with Gasteiger partial charge in [-0.2, -0.15) is 5.26 Å². The third-order valence-corrected chi connectivity index (χ3v) is 4.34. The largest absolute Gasteiger partial charge is 0.300 e. The SMILES string of the molecule is CCC(C#N)(CCCN1CC(C)CC1C)NC(C)C. The Balaban J connectivity index is 2.43. The molecule has 0 aromatic rings. The minimum absolute atomic E-state index is 0.331. The van der Waals surface area contributed by atoms with Gasteiger partial charge in [-0.25, -0.2) is 0 Å². The predicted octanol–water partition coefficient (Wildman–Crippen LogP) is 3.17. The minimum Gasteiger partial charge on any atom is -0.300 e. The molecule has 1 rings (SSSR count). The summed E-state index contributed by atoms with van der Waals surface area (Å²) >= 11 is 0. The molecule has 0 aromatic carbocycles. The number of hydrogen-bond acceptors (Lipinski definition) is 3. The summed E-state index contributed by atoms with van der Waals surface area (Å²) in [5.74, 6) is 0.829. The van der Waals surface area contributed by atoms with Crippen molar-refractivity contribution in [2.75, 3.05) is 13.1 Å². The Morgan fingerprint density at radius 3 is 2.53 bits per heavy atom. The van der Waals surface area contributed by atoms with Crippen molar-refractivity contribution in [3.05, 3.63) is 0 Å². The second-order valence-electron chi connectivity index (χ2n) is 6.63. The summed E-state index contributed by atoms with van der Waals surface area (Å²) in [6, 6.07) is 3.59. The van der Waals surface area contributed by atoms with Crippen LogP contribution in [0.1, 0.15) is 60.3 Å². The zero-order valence-electron chi connectivity index (χ0n) is 13.4. The van der Waals surface area contributed by atoms with E-state index in [4.69, 9.17) is 0 Å². The summed E-state index contributed by atoms with van der Waals surface area (Å²) in [4.78, 5) is 2.58. The van der Waals surface area contributed by atoms with Crippen LogP contribution < -0.4 is 5.32 Å². The molecule has 110 valence electrons. The van der Waals surface area contributed by atoms with E-state index in [-0.39, 0.29) is 5.54 Å². The van der Waals surface area contributed by atoms with Gasteiger partial charge in [0.15, 0.2) is 0 Å². The van der Waals surface area contributed by atoms with Gasteiger partial charge in [-0.1, -0.05) is 13.8 Å². The van der Waals surface area contributed by atoms with E-state index in [0.29, 0.717) is 12.1 Å². The third kappa shape index (κ3) is 4.78. The first-order chi connectivity index (χ1) is 8.92. The summed E-state index contributed by atoms with van der Waals surface area (Å²) in [6.45, 7) is 13.4. The maximum atomic E-state index is 9.49. The van der Waals surface area contributed by atoms with E-state index in [9.17, 15) is 5.26 Å². The van der Waals surface area contributed by atoms with Gasteiger partial charge < -0.3 is 4.90 Å². The van der Waals surface area contributed by atoms with Crippen LogP contribution in [0.25, 0.3) is 0 Å². The van der Waals surface area contributed by atoms with Crippen LogP contribution in [0, 0.1) is 17.2 Å². The lowest BCUT2D eigenvalue weighted by atomic mass is 9.91. The fourth-order valence-corrected chi connectivity index (χ4v) is 3.35. The lowest BCUT2D eigenvalue weighted by molar-refractivity contribution is 0.241. The Labute approximate surface area is 119 Å². The van der Waals surface area contributed by atoms with E-state index in [2.05, 4.69) is 50.9 Å². The van der Waals surface area contributed by atoms with Crippen LogP contribution in [0.3, 0.4) is 0 Å². The summed E-state index contributed by atoms with van der Waals surface area (Å²) < 4.78 is 0. The van der Waals surface area contributed by atoms with Gasteiger partial charge in [-0.15, -0.1) is 0 Å². The van der Waals surface area contributed by atoms with Gasteiger partial charge in [-0.3, -0.25) is 5.32 Å². The second kappa shape index (κ2) is 7.26. The van der Waals surface area contributed by atoms with Crippen LogP contribution in [-0.4, -0.2) is 35.6 Å². The van der Waals surface area contributed by atoms with Crippen molar-refractivity contribution in [2.45, 2.75) is 77.9 Å². The van der Waals surface area contributed by atoms with Crippen molar-refractivity contribution in [2.24, 2.45) is 5.92 Å². The number of nitriles is 1. The highest BCUT2D eigenvalue weighted by Gasteiger charge is 2.30. The quantitative estimate of drug-likeness (QED) is 0.768. The van der Waals surface area contributed by atoms with Crippen molar-refractivity contribution >= 4 is 0 Å². The molecule has 3 nitrogen and oxygen atoms in total. The van der Waals surface area contributed by atoms with Crippen LogP contribution in [0.5, 0.6) is 0 Å². The van der Waals surface area contributed by atoms with E-state index in [0.717, 1.165) is 31.7 Å². The molecule has 1 aliphatic heterocycles. The molecule has 3 heteroatoms. The first kappa shape index (κ1) is 16.5. The van der Waals surface area contributed by atoms with Gasteiger partial charge >= 0.3 is 0 Å². The number of likely N-dealkylation sites (tertiary alicyclic amines) is 1. The fraction of sp³-hybridized carbons (Fsp3) is 0.938. The Hall–Kier alpha value is -0.590. The maximum Gasteiger partial charge on any atom is 0.106 e. The lowest BCUT2D eigenvalue weighted by Crippen LogP contribution is -2.47. The zero-order chi connectivity index (χ0) is 14.5. The molecule has 1 N–H and O–H groups in total. The summed E-state index contributed by atoms with van der Waals surface area (Å²) in [5, 5.41) is 12.9. The molecule has 1 heterocycles. The topological polar surface area (TPSA) is 39.1 Å². The lowest BCUT2D eigenvalue weighted by Gasteiger charge is -2.30. The van der Waals surface area contributed by atoms with Gasteiger partial charge in [0.1, 0.15) is 5.54 Å². The number of hydrogen-bond donors (Lipinski definition) is 1. The average molecular weight is 265 g/mol. The normalized spacial score (nSPS) is 27.4. The molecule has 0 amide bonds. The predicted molar refractivity (Wildman–Crippen MR) is 81.0 cm³/mol. The first-order valence-electron chi connectivity index (χ1n) is 7.85. The van der Waals surface area contributed by atoms with E-state index in [1.807, 2.05) is 0 Å². The molecular formula is C16H31N3. The monoisotopic (exact) mass is 265 g/mol. The molecular weight excluding hydrogens is 234 g/mol. The Morgan fingerprint density at radius 2 is 2.11 bits per heavy atom. The summed E-state index contributed by atoms with van der Waals surface area (Å²) in [5.41, 5.74) is -0.331. The molecule has 3 unspecified atom stereocenters. The molecule has 0 aliphatic carbocycles. The minimum atomic E-state index is -0.331. The van der Waals surface area contributed by atoms with Crippen LogP contribution >= 0.6 is 0 Å². The van der Waals surface area contributed by atoms with Gasteiger partial charge in [0.2, 0.25) is 0 Å². The smallest absolute Gasteiger partial charge is 0.106 e.